The monoisotopic (exact) mass is 240 g/mol. The third kappa shape index (κ3) is 8.15. The second-order valence-electron chi connectivity index (χ2n) is 3.86. The molecule has 0 aliphatic heterocycles. The van der Waals surface area contributed by atoms with Crippen LogP contribution in [0.5, 0.6) is 0 Å². The summed E-state index contributed by atoms with van der Waals surface area (Å²) in [7, 11) is 0. The molecule has 0 bridgehead atoms. The van der Waals surface area contributed by atoms with Gasteiger partial charge in [-0.3, -0.25) is 0 Å². The van der Waals surface area contributed by atoms with Crippen molar-refractivity contribution in [3.8, 4) is 0 Å². The summed E-state index contributed by atoms with van der Waals surface area (Å²) in [6.45, 7) is 7.73. The van der Waals surface area contributed by atoms with Gasteiger partial charge in [0.2, 0.25) is 0 Å². The van der Waals surface area contributed by atoms with E-state index < -0.39 is 6.09 Å². The Morgan fingerprint density at radius 1 is 1.18 bits per heavy atom. The molecule has 0 radical (unpaired) electrons. The van der Waals surface area contributed by atoms with Crippen molar-refractivity contribution in [3.63, 3.8) is 0 Å². The van der Waals surface area contributed by atoms with E-state index in [0.29, 0.717) is 0 Å². The van der Waals surface area contributed by atoms with Gasteiger partial charge >= 0.3 is 6.09 Å². The van der Waals surface area contributed by atoms with Gasteiger partial charge < -0.3 is 10.6 Å². The lowest BCUT2D eigenvalue weighted by Gasteiger charge is -2.27. The smallest absolute Gasteiger partial charge is 0.351 e. The van der Waals surface area contributed by atoms with Gasteiger partial charge in [-0.1, -0.05) is 0 Å². The van der Waals surface area contributed by atoms with Crippen LogP contribution in [0.1, 0.15) is 27.7 Å². The highest BCUT2D eigenvalue weighted by Gasteiger charge is 2.16. The number of primary amides is 1. The van der Waals surface area contributed by atoms with Gasteiger partial charge in [-0.15, -0.1) is 5.06 Å². The average molecular weight is 240 g/mol. The Balaban J connectivity index is 0.000000354. The number of carbonyl (C=O) groups excluding carboxylic acids is 1. The molecule has 1 aromatic heterocycles. The van der Waals surface area contributed by atoms with E-state index in [-0.39, 0.29) is 12.1 Å². The fourth-order valence-corrected chi connectivity index (χ4v) is 1.16. The fraction of sp³-hybridized carbons (Fsp3) is 0.545. The molecule has 0 unspecified atom stereocenters. The van der Waals surface area contributed by atoms with Gasteiger partial charge in [0, 0.05) is 24.5 Å². The molecule has 1 heterocycles. The van der Waals surface area contributed by atoms with E-state index in [1.54, 1.807) is 23.5 Å². The standard InChI is InChI=1S/C7H16N2O2.C4H4N2/c1-5(2)9(6(3)4)11-7(8)10;1-2-5-4-6-3-1/h5-6H,1-4H3,(H2,8,10);1-4H. The van der Waals surface area contributed by atoms with Gasteiger partial charge in [0.1, 0.15) is 6.33 Å². The lowest BCUT2D eigenvalue weighted by molar-refractivity contribution is -0.142. The molecule has 1 rings (SSSR count). The van der Waals surface area contributed by atoms with E-state index in [2.05, 4.69) is 9.97 Å². The van der Waals surface area contributed by atoms with Crippen LogP contribution in [0.25, 0.3) is 0 Å². The molecule has 1 amide bonds. The van der Waals surface area contributed by atoms with Crippen LogP contribution in [0.15, 0.2) is 24.8 Å². The quantitative estimate of drug-likeness (QED) is 0.811. The molecule has 0 aliphatic carbocycles. The first kappa shape index (κ1) is 15.3. The average Bonchev–Trinajstić information content (AvgIpc) is 2.28. The highest BCUT2D eigenvalue weighted by molar-refractivity contribution is 5.64. The van der Waals surface area contributed by atoms with E-state index in [4.69, 9.17) is 10.6 Å². The number of hydrogen-bond acceptors (Lipinski definition) is 5. The summed E-state index contributed by atoms with van der Waals surface area (Å²) in [6, 6.07) is 2.09. The molecule has 0 fully saturated rings. The number of hydrogen-bond donors (Lipinski definition) is 1. The van der Waals surface area contributed by atoms with Crippen molar-refractivity contribution in [2.24, 2.45) is 5.73 Å². The van der Waals surface area contributed by atoms with E-state index in [1.165, 1.54) is 6.33 Å². The van der Waals surface area contributed by atoms with Gasteiger partial charge in [0.15, 0.2) is 0 Å². The van der Waals surface area contributed by atoms with E-state index in [9.17, 15) is 4.79 Å². The molecule has 2 N–H and O–H groups in total. The summed E-state index contributed by atoms with van der Waals surface area (Å²) in [5.74, 6) is 0. The number of hydroxylamine groups is 2. The second kappa shape index (κ2) is 8.46. The largest absolute Gasteiger partial charge is 0.423 e. The number of rotatable bonds is 3. The topological polar surface area (TPSA) is 81.3 Å². The minimum absolute atomic E-state index is 0.155. The molecular formula is C11H20N4O2. The van der Waals surface area contributed by atoms with Crippen molar-refractivity contribution >= 4 is 6.09 Å². The van der Waals surface area contributed by atoms with Crippen LogP contribution in [0.4, 0.5) is 4.79 Å². The second-order valence-corrected chi connectivity index (χ2v) is 3.86. The highest BCUT2D eigenvalue weighted by Crippen LogP contribution is 2.04. The minimum atomic E-state index is -0.757. The Kier molecular flexibility index (Phi) is 7.62. The maximum absolute atomic E-state index is 10.4. The first-order chi connectivity index (χ1) is 7.95. The van der Waals surface area contributed by atoms with Crippen molar-refractivity contribution in [2.75, 3.05) is 0 Å². The maximum Gasteiger partial charge on any atom is 0.423 e. The summed E-state index contributed by atoms with van der Waals surface area (Å²) in [4.78, 5) is 22.5. The summed E-state index contributed by atoms with van der Waals surface area (Å²) < 4.78 is 0. The van der Waals surface area contributed by atoms with Crippen molar-refractivity contribution in [3.05, 3.63) is 24.8 Å². The molecule has 17 heavy (non-hydrogen) atoms. The molecule has 1 aromatic rings. The molecule has 0 saturated carbocycles. The van der Waals surface area contributed by atoms with E-state index >= 15 is 0 Å². The maximum atomic E-state index is 10.4. The van der Waals surface area contributed by atoms with Crippen LogP contribution in [0, 0.1) is 0 Å². The molecule has 0 atom stereocenters. The lowest BCUT2D eigenvalue weighted by atomic mass is 10.3. The third-order valence-electron chi connectivity index (χ3n) is 1.69. The Bertz CT molecular complexity index is 269. The number of aromatic nitrogens is 2. The summed E-state index contributed by atoms with van der Waals surface area (Å²) in [6.07, 6.45) is 4.12. The van der Waals surface area contributed by atoms with E-state index in [1.807, 2.05) is 27.7 Å². The van der Waals surface area contributed by atoms with Crippen LogP contribution in [-0.2, 0) is 4.84 Å². The summed E-state index contributed by atoms with van der Waals surface area (Å²) in [5.41, 5.74) is 4.87. The highest BCUT2D eigenvalue weighted by atomic mass is 16.7. The third-order valence-corrected chi connectivity index (χ3v) is 1.69. The Hall–Kier alpha value is -1.69. The minimum Gasteiger partial charge on any atom is -0.351 e. The van der Waals surface area contributed by atoms with Crippen molar-refractivity contribution in [1.29, 1.82) is 0 Å². The van der Waals surface area contributed by atoms with Gasteiger partial charge in [-0.25, -0.2) is 14.8 Å². The predicted octanol–water partition coefficient (Wildman–Crippen LogP) is 1.59. The van der Waals surface area contributed by atoms with Gasteiger partial charge in [-0.2, -0.15) is 0 Å². The van der Waals surface area contributed by atoms with Crippen LogP contribution in [0.3, 0.4) is 0 Å². The number of nitrogens with zero attached hydrogens (tertiary/aromatic N) is 3. The molecule has 0 spiro atoms. The summed E-state index contributed by atoms with van der Waals surface area (Å²) in [5, 5.41) is 1.56. The van der Waals surface area contributed by atoms with Gasteiger partial charge in [0.05, 0.1) is 0 Å². The molecular weight excluding hydrogens is 220 g/mol. The SMILES string of the molecule is CC(C)N(OC(N)=O)C(C)C.c1cncnc1. The van der Waals surface area contributed by atoms with Crippen LogP contribution >= 0.6 is 0 Å². The number of amides is 1. The van der Waals surface area contributed by atoms with Crippen LogP contribution in [-0.4, -0.2) is 33.2 Å². The van der Waals surface area contributed by atoms with Crippen molar-refractivity contribution < 1.29 is 9.63 Å². The lowest BCUT2D eigenvalue weighted by Crippen LogP contribution is -2.40. The molecule has 0 saturated heterocycles. The molecule has 6 heteroatoms. The Labute approximate surface area is 102 Å². The summed E-state index contributed by atoms with van der Waals surface area (Å²) >= 11 is 0. The number of carbonyl (C=O) groups is 1. The normalized spacial score (nSPS) is 10.1. The first-order valence-corrected chi connectivity index (χ1v) is 5.40. The molecule has 0 aliphatic rings. The van der Waals surface area contributed by atoms with Gasteiger partial charge in [-0.05, 0) is 33.8 Å². The molecule has 6 nitrogen and oxygen atoms in total. The van der Waals surface area contributed by atoms with Crippen molar-refractivity contribution in [1.82, 2.24) is 15.0 Å². The number of nitrogens with two attached hydrogens (primary N) is 1. The van der Waals surface area contributed by atoms with Crippen LogP contribution in [0.2, 0.25) is 0 Å². The Morgan fingerprint density at radius 2 is 1.65 bits per heavy atom. The van der Waals surface area contributed by atoms with Crippen molar-refractivity contribution in [2.45, 2.75) is 39.8 Å². The first-order valence-electron chi connectivity index (χ1n) is 5.40. The molecule has 96 valence electrons. The van der Waals surface area contributed by atoms with Gasteiger partial charge in [0.25, 0.3) is 0 Å². The van der Waals surface area contributed by atoms with E-state index in [0.717, 1.165) is 0 Å². The van der Waals surface area contributed by atoms with Crippen LogP contribution < -0.4 is 5.73 Å². The fourth-order valence-electron chi connectivity index (χ4n) is 1.16. The zero-order valence-electron chi connectivity index (χ0n) is 10.7. The predicted molar refractivity (Wildman–Crippen MR) is 64.8 cm³/mol. The Morgan fingerprint density at radius 3 is 1.76 bits per heavy atom. The molecule has 0 aromatic carbocycles. The zero-order chi connectivity index (χ0) is 13.3. The zero-order valence-corrected chi connectivity index (χ0v) is 10.7.